The van der Waals surface area contributed by atoms with Crippen molar-refractivity contribution in [1.82, 2.24) is 20.2 Å². The fraction of sp³-hybridized carbons (Fsp3) is 0.360. The summed E-state index contributed by atoms with van der Waals surface area (Å²) in [6.07, 6.45) is 4.71. The number of hydrogen-bond donors (Lipinski definition) is 2. The largest absolute Gasteiger partial charge is 0.487 e. The number of halogens is 1. The maximum Gasteiger partial charge on any atom is 0.192 e. The highest BCUT2D eigenvalue weighted by molar-refractivity contribution is 14.0. The second-order valence-corrected chi connectivity index (χ2v) is 8.45. The van der Waals surface area contributed by atoms with Crippen LogP contribution in [0.4, 0.5) is 0 Å². The molecule has 7 heteroatoms. The maximum atomic E-state index is 6.17. The van der Waals surface area contributed by atoms with Crippen molar-refractivity contribution in [1.29, 1.82) is 0 Å². The van der Waals surface area contributed by atoms with Gasteiger partial charge in [0.1, 0.15) is 23.7 Å². The van der Waals surface area contributed by atoms with Crippen molar-refractivity contribution >= 4 is 29.9 Å². The van der Waals surface area contributed by atoms with Crippen LogP contribution in [0.5, 0.6) is 5.75 Å². The lowest BCUT2D eigenvalue weighted by Crippen LogP contribution is -2.45. The van der Waals surface area contributed by atoms with Crippen LogP contribution in [0.1, 0.15) is 50.2 Å². The van der Waals surface area contributed by atoms with Crippen molar-refractivity contribution < 1.29 is 4.74 Å². The summed E-state index contributed by atoms with van der Waals surface area (Å²) in [4.78, 5) is 9.37. The van der Waals surface area contributed by atoms with Crippen molar-refractivity contribution in [2.75, 3.05) is 6.54 Å². The molecule has 2 aromatic carbocycles. The van der Waals surface area contributed by atoms with Gasteiger partial charge >= 0.3 is 0 Å². The highest BCUT2D eigenvalue weighted by atomic mass is 127. The number of imidazole rings is 1. The average molecular weight is 545 g/mol. The molecule has 170 valence electrons. The first-order valence-electron chi connectivity index (χ1n) is 10.9. The number of para-hydroxylation sites is 1. The molecular weight excluding hydrogens is 513 g/mol. The Kier molecular flexibility index (Phi) is 8.17. The van der Waals surface area contributed by atoms with Gasteiger partial charge in [0.05, 0.1) is 6.04 Å². The number of rotatable bonds is 6. The molecule has 1 atom stereocenters. The van der Waals surface area contributed by atoms with E-state index in [0.29, 0.717) is 6.54 Å². The zero-order valence-electron chi connectivity index (χ0n) is 18.9. The third kappa shape index (κ3) is 6.03. The van der Waals surface area contributed by atoms with Gasteiger partial charge in [-0.2, -0.15) is 0 Å². The Balaban J connectivity index is 0.00000289. The van der Waals surface area contributed by atoms with Crippen LogP contribution in [0.2, 0.25) is 0 Å². The van der Waals surface area contributed by atoms with E-state index in [1.54, 1.807) is 0 Å². The van der Waals surface area contributed by atoms with Crippen LogP contribution in [0.15, 0.2) is 72.0 Å². The number of aromatic nitrogens is 2. The molecule has 1 aromatic heterocycles. The molecule has 0 amide bonds. The van der Waals surface area contributed by atoms with Crippen molar-refractivity contribution in [2.45, 2.75) is 51.9 Å². The number of guanidine groups is 1. The van der Waals surface area contributed by atoms with Gasteiger partial charge in [0.15, 0.2) is 5.96 Å². The van der Waals surface area contributed by atoms with Crippen molar-refractivity contribution in [3.8, 4) is 5.75 Å². The highest BCUT2D eigenvalue weighted by Gasteiger charge is 2.33. The highest BCUT2D eigenvalue weighted by Crippen LogP contribution is 2.39. The van der Waals surface area contributed by atoms with Gasteiger partial charge in [0, 0.05) is 37.5 Å². The van der Waals surface area contributed by atoms with Crippen molar-refractivity contribution in [3.63, 3.8) is 0 Å². The molecule has 0 saturated heterocycles. The molecule has 0 spiro atoms. The molecule has 0 saturated carbocycles. The van der Waals surface area contributed by atoms with Gasteiger partial charge in [0.2, 0.25) is 0 Å². The molecular formula is C25H32IN5O. The minimum Gasteiger partial charge on any atom is -0.487 e. The molecule has 0 aliphatic carbocycles. The lowest BCUT2D eigenvalue weighted by molar-refractivity contribution is 0.0694. The number of nitrogens with zero attached hydrogens (tertiary/aromatic N) is 3. The first-order valence-corrected chi connectivity index (χ1v) is 10.9. The first kappa shape index (κ1) is 24.1. The van der Waals surface area contributed by atoms with E-state index >= 15 is 0 Å². The van der Waals surface area contributed by atoms with Crippen LogP contribution in [0.25, 0.3) is 0 Å². The third-order valence-corrected chi connectivity index (χ3v) is 5.41. The Bertz CT molecular complexity index is 1030. The van der Waals surface area contributed by atoms with E-state index in [9.17, 15) is 0 Å². The van der Waals surface area contributed by atoms with Crippen LogP contribution >= 0.6 is 24.0 Å². The zero-order chi connectivity index (χ0) is 21.7. The molecule has 1 unspecified atom stereocenters. The van der Waals surface area contributed by atoms with Crippen LogP contribution < -0.4 is 15.4 Å². The molecule has 4 rings (SSSR count). The molecule has 2 heterocycles. The summed E-state index contributed by atoms with van der Waals surface area (Å²) in [6, 6.07) is 18.8. The van der Waals surface area contributed by atoms with E-state index in [4.69, 9.17) is 9.73 Å². The minimum atomic E-state index is -0.241. The molecule has 1 aliphatic heterocycles. The molecule has 1 aliphatic rings. The summed E-state index contributed by atoms with van der Waals surface area (Å²) >= 11 is 0. The fourth-order valence-electron chi connectivity index (χ4n) is 3.98. The number of hydrogen-bond acceptors (Lipinski definition) is 3. The predicted molar refractivity (Wildman–Crippen MR) is 140 cm³/mol. The van der Waals surface area contributed by atoms with E-state index in [0.717, 1.165) is 42.6 Å². The quantitative estimate of drug-likeness (QED) is 0.263. The Labute approximate surface area is 207 Å². The third-order valence-electron chi connectivity index (χ3n) is 5.41. The summed E-state index contributed by atoms with van der Waals surface area (Å²) in [7, 11) is 0. The number of aliphatic imine (C=N–C) groups is 1. The molecule has 0 bridgehead atoms. The van der Waals surface area contributed by atoms with Gasteiger partial charge in [-0.05, 0) is 32.4 Å². The first-order chi connectivity index (χ1) is 15.0. The van der Waals surface area contributed by atoms with Crippen LogP contribution in [-0.4, -0.2) is 27.7 Å². The number of benzene rings is 2. The van der Waals surface area contributed by atoms with E-state index in [-0.39, 0.29) is 35.6 Å². The maximum absolute atomic E-state index is 6.17. The Morgan fingerprint density at radius 1 is 1.16 bits per heavy atom. The predicted octanol–water partition coefficient (Wildman–Crippen LogP) is 4.91. The van der Waals surface area contributed by atoms with E-state index in [1.165, 1.54) is 5.56 Å². The summed E-state index contributed by atoms with van der Waals surface area (Å²) in [5.74, 6) is 2.66. The van der Waals surface area contributed by atoms with Crippen LogP contribution in [0.3, 0.4) is 0 Å². The number of nitrogens with one attached hydrogen (secondary N) is 2. The van der Waals surface area contributed by atoms with Crippen LogP contribution in [-0.2, 0) is 13.1 Å². The molecule has 6 nitrogen and oxygen atoms in total. The summed E-state index contributed by atoms with van der Waals surface area (Å²) < 4.78 is 8.32. The van der Waals surface area contributed by atoms with E-state index in [2.05, 4.69) is 77.4 Å². The Hall–Kier alpha value is -2.55. The molecule has 3 aromatic rings. The second kappa shape index (κ2) is 10.8. The van der Waals surface area contributed by atoms with Crippen molar-refractivity contribution in [3.05, 3.63) is 83.9 Å². The van der Waals surface area contributed by atoms with E-state index < -0.39 is 0 Å². The van der Waals surface area contributed by atoms with Crippen LogP contribution in [0, 0.1) is 0 Å². The standard InChI is InChI=1S/C25H31N5O.HI/c1-4-26-24(29-21-16-25(2,3)31-22-13-9-8-12-20(21)22)28-17-23-27-14-15-30(23)18-19-10-6-5-7-11-19;/h5-15,21H,4,16-18H2,1-3H3,(H2,26,28,29);1H. The van der Waals surface area contributed by atoms with Crippen molar-refractivity contribution in [2.24, 2.45) is 4.99 Å². The van der Waals surface area contributed by atoms with Gasteiger partial charge < -0.3 is 19.9 Å². The Morgan fingerprint density at radius 2 is 1.91 bits per heavy atom. The molecule has 0 radical (unpaired) electrons. The summed E-state index contributed by atoms with van der Waals surface area (Å²) in [5.41, 5.74) is 2.17. The average Bonchev–Trinajstić information content (AvgIpc) is 3.19. The normalized spacial score (nSPS) is 17.0. The minimum absolute atomic E-state index is 0. The van der Waals surface area contributed by atoms with Gasteiger partial charge in [0.25, 0.3) is 0 Å². The van der Waals surface area contributed by atoms with Gasteiger partial charge in [-0.1, -0.05) is 48.5 Å². The zero-order valence-corrected chi connectivity index (χ0v) is 21.2. The van der Waals surface area contributed by atoms with Gasteiger partial charge in [-0.3, -0.25) is 0 Å². The lowest BCUT2D eigenvalue weighted by atomic mass is 9.90. The topological polar surface area (TPSA) is 63.5 Å². The number of fused-ring (bicyclic) bond motifs is 1. The molecule has 0 fully saturated rings. The summed E-state index contributed by atoms with van der Waals surface area (Å²) in [6.45, 7) is 8.42. The molecule has 2 N–H and O–H groups in total. The monoisotopic (exact) mass is 545 g/mol. The van der Waals surface area contributed by atoms with Gasteiger partial charge in [-0.25, -0.2) is 9.98 Å². The number of ether oxygens (including phenoxy) is 1. The second-order valence-electron chi connectivity index (χ2n) is 8.45. The Morgan fingerprint density at radius 3 is 2.69 bits per heavy atom. The van der Waals surface area contributed by atoms with Gasteiger partial charge in [-0.15, -0.1) is 24.0 Å². The van der Waals surface area contributed by atoms with E-state index in [1.807, 2.05) is 30.6 Å². The fourth-order valence-corrected chi connectivity index (χ4v) is 3.98. The SMILES string of the molecule is CCNC(=NCc1nccn1Cc1ccccc1)NC1CC(C)(C)Oc2ccccc21.I. The molecule has 32 heavy (non-hydrogen) atoms. The summed E-state index contributed by atoms with van der Waals surface area (Å²) in [5, 5.41) is 7.00. The lowest BCUT2D eigenvalue weighted by Gasteiger charge is -2.38. The smallest absolute Gasteiger partial charge is 0.192 e.